The molecule has 0 saturated carbocycles. The van der Waals surface area contributed by atoms with E-state index in [4.69, 9.17) is 0 Å². The molecule has 1 aromatic rings. The molecule has 0 aromatic carbocycles. The Morgan fingerprint density at radius 2 is 1.94 bits per heavy atom. The van der Waals surface area contributed by atoms with Crippen LogP contribution in [0.15, 0.2) is 16.9 Å². The van der Waals surface area contributed by atoms with E-state index in [-0.39, 0.29) is 5.56 Å². The van der Waals surface area contributed by atoms with Crippen LogP contribution in [0.3, 0.4) is 0 Å². The number of nitrogens with one attached hydrogen (secondary N) is 1. The van der Waals surface area contributed by atoms with Crippen LogP contribution in [0, 0.1) is 6.92 Å². The van der Waals surface area contributed by atoms with Gasteiger partial charge in [-0.1, -0.05) is 12.5 Å². The highest BCUT2D eigenvalue weighted by atomic mass is 16.1. The van der Waals surface area contributed by atoms with E-state index in [1.165, 1.54) is 24.8 Å². The number of aromatic amines is 1. The molecule has 0 amide bonds. The Bertz CT molecular complexity index is 405. The summed E-state index contributed by atoms with van der Waals surface area (Å²) in [6.07, 6.45) is 3.90. The van der Waals surface area contributed by atoms with Gasteiger partial charge in [-0.2, -0.15) is 0 Å². The average Bonchev–Trinajstić information content (AvgIpc) is 2.32. The fourth-order valence-corrected chi connectivity index (χ4v) is 2.49. The zero-order valence-corrected chi connectivity index (χ0v) is 10.1. The highest BCUT2D eigenvalue weighted by Crippen LogP contribution is 2.23. The van der Waals surface area contributed by atoms with Gasteiger partial charge in [0.1, 0.15) is 0 Å². The summed E-state index contributed by atoms with van der Waals surface area (Å²) in [6, 6.07) is 3.84. The normalized spacial score (nSPS) is 19.6. The Labute approximate surface area is 96.5 Å². The van der Waals surface area contributed by atoms with Gasteiger partial charge in [0.05, 0.1) is 0 Å². The van der Waals surface area contributed by atoms with Crippen molar-refractivity contribution < 1.29 is 0 Å². The molecule has 1 saturated heterocycles. The summed E-state index contributed by atoms with van der Waals surface area (Å²) >= 11 is 0. The SMILES string of the molecule is Cc1ccc(=O)[nH]c1C(C)N1CCCCC1. The standard InChI is InChI=1S/C13H20N2O/c1-10-6-7-12(16)14-13(10)11(2)15-8-4-3-5-9-15/h6-7,11H,3-5,8-9H2,1-2H3,(H,14,16). The topological polar surface area (TPSA) is 36.1 Å². The van der Waals surface area contributed by atoms with Gasteiger partial charge in [-0.05, 0) is 45.3 Å². The summed E-state index contributed by atoms with van der Waals surface area (Å²) in [7, 11) is 0. The molecule has 1 unspecified atom stereocenters. The van der Waals surface area contributed by atoms with Crippen molar-refractivity contribution in [3.8, 4) is 0 Å². The van der Waals surface area contributed by atoms with E-state index in [9.17, 15) is 4.79 Å². The van der Waals surface area contributed by atoms with Crippen LogP contribution in [0.2, 0.25) is 0 Å². The van der Waals surface area contributed by atoms with E-state index < -0.39 is 0 Å². The molecule has 1 aliphatic rings. The molecule has 0 radical (unpaired) electrons. The number of piperidine rings is 1. The van der Waals surface area contributed by atoms with E-state index in [1.54, 1.807) is 6.07 Å². The molecule has 1 fully saturated rings. The first-order chi connectivity index (χ1) is 7.68. The van der Waals surface area contributed by atoms with Gasteiger partial charge < -0.3 is 4.98 Å². The summed E-state index contributed by atoms with van der Waals surface area (Å²) in [6.45, 7) is 6.55. The van der Waals surface area contributed by atoms with Crippen molar-refractivity contribution in [3.63, 3.8) is 0 Å². The molecule has 0 spiro atoms. The highest BCUT2D eigenvalue weighted by molar-refractivity contribution is 5.20. The molecule has 88 valence electrons. The molecular weight excluding hydrogens is 200 g/mol. The van der Waals surface area contributed by atoms with E-state index >= 15 is 0 Å². The summed E-state index contributed by atoms with van der Waals surface area (Å²) in [5, 5.41) is 0. The van der Waals surface area contributed by atoms with Crippen LogP contribution in [0.25, 0.3) is 0 Å². The number of hydrogen-bond donors (Lipinski definition) is 1. The fraction of sp³-hybridized carbons (Fsp3) is 0.615. The van der Waals surface area contributed by atoms with Crippen molar-refractivity contribution in [1.82, 2.24) is 9.88 Å². The van der Waals surface area contributed by atoms with Gasteiger partial charge in [0.15, 0.2) is 0 Å². The Morgan fingerprint density at radius 3 is 2.62 bits per heavy atom. The molecule has 2 rings (SSSR count). The van der Waals surface area contributed by atoms with Crippen LogP contribution in [0.1, 0.15) is 43.5 Å². The summed E-state index contributed by atoms with van der Waals surface area (Å²) in [5.41, 5.74) is 2.26. The number of H-pyrrole nitrogens is 1. The van der Waals surface area contributed by atoms with Crippen LogP contribution in [-0.4, -0.2) is 23.0 Å². The summed E-state index contributed by atoms with van der Waals surface area (Å²) < 4.78 is 0. The lowest BCUT2D eigenvalue weighted by molar-refractivity contribution is 0.171. The molecule has 3 heteroatoms. The largest absolute Gasteiger partial charge is 0.324 e. The number of likely N-dealkylation sites (tertiary alicyclic amines) is 1. The smallest absolute Gasteiger partial charge is 0.248 e. The predicted molar refractivity (Wildman–Crippen MR) is 65.6 cm³/mol. The maximum atomic E-state index is 11.4. The van der Waals surface area contributed by atoms with Crippen LogP contribution in [-0.2, 0) is 0 Å². The molecular formula is C13H20N2O. The predicted octanol–water partition coefficient (Wildman–Crippen LogP) is 2.23. The third kappa shape index (κ3) is 2.35. The second-order valence-electron chi connectivity index (χ2n) is 4.69. The first-order valence-electron chi connectivity index (χ1n) is 6.12. The second kappa shape index (κ2) is 4.83. The van der Waals surface area contributed by atoms with Crippen molar-refractivity contribution in [3.05, 3.63) is 33.7 Å². The molecule has 1 aliphatic heterocycles. The Kier molecular flexibility index (Phi) is 3.44. The molecule has 2 heterocycles. The molecule has 1 aromatic heterocycles. The van der Waals surface area contributed by atoms with Gasteiger partial charge in [-0.25, -0.2) is 0 Å². The first-order valence-corrected chi connectivity index (χ1v) is 6.12. The summed E-state index contributed by atoms with van der Waals surface area (Å²) in [4.78, 5) is 16.8. The van der Waals surface area contributed by atoms with Crippen molar-refractivity contribution in [1.29, 1.82) is 0 Å². The minimum Gasteiger partial charge on any atom is -0.324 e. The van der Waals surface area contributed by atoms with Crippen LogP contribution < -0.4 is 5.56 Å². The van der Waals surface area contributed by atoms with Gasteiger partial charge in [0.25, 0.3) is 0 Å². The lowest BCUT2D eigenvalue weighted by Gasteiger charge is -2.32. The van der Waals surface area contributed by atoms with Gasteiger partial charge in [-0.3, -0.25) is 9.69 Å². The summed E-state index contributed by atoms with van der Waals surface area (Å²) in [5.74, 6) is 0. The second-order valence-corrected chi connectivity index (χ2v) is 4.69. The lowest BCUT2D eigenvalue weighted by Crippen LogP contribution is -2.33. The molecule has 1 N–H and O–H groups in total. The van der Waals surface area contributed by atoms with E-state index in [0.29, 0.717) is 6.04 Å². The van der Waals surface area contributed by atoms with Crippen molar-refractivity contribution in [2.24, 2.45) is 0 Å². The molecule has 3 nitrogen and oxygen atoms in total. The third-order valence-electron chi connectivity index (χ3n) is 3.52. The van der Waals surface area contributed by atoms with Gasteiger partial charge >= 0.3 is 0 Å². The monoisotopic (exact) mass is 220 g/mol. The van der Waals surface area contributed by atoms with Crippen LogP contribution >= 0.6 is 0 Å². The Morgan fingerprint density at radius 1 is 1.25 bits per heavy atom. The number of hydrogen-bond acceptors (Lipinski definition) is 2. The maximum absolute atomic E-state index is 11.4. The van der Waals surface area contributed by atoms with E-state index in [1.807, 2.05) is 6.07 Å². The maximum Gasteiger partial charge on any atom is 0.248 e. The number of rotatable bonds is 2. The molecule has 16 heavy (non-hydrogen) atoms. The minimum atomic E-state index is 0.00413. The fourth-order valence-electron chi connectivity index (χ4n) is 2.49. The van der Waals surface area contributed by atoms with Gasteiger partial charge in [-0.15, -0.1) is 0 Å². The first kappa shape index (κ1) is 11.4. The van der Waals surface area contributed by atoms with Crippen LogP contribution in [0.5, 0.6) is 0 Å². The zero-order valence-electron chi connectivity index (χ0n) is 10.1. The number of pyridine rings is 1. The van der Waals surface area contributed by atoms with Crippen molar-refractivity contribution >= 4 is 0 Å². The van der Waals surface area contributed by atoms with Gasteiger partial charge in [0.2, 0.25) is 5.56 Å². The van der Waals surface area contributed by atoms with Gasteiger partial charge in [0, 0.05) is 17.8 Å². The molecule has 0 aliphatic carbocycles. The zero-order chi connectivity index (χ0) is 11.5. The number of nitrogens with zero attached hydrogens (tertiary/aromatic N) is 1. The molecule has 1 atom stereocenters. The quantitative estimate of drug-likeness (QED) is 0.829. The number of aryl methyl sites for hydroxylation is 1. The van der Waals surface area contributed by atoms with Crippen molar-refractivity contribution in [2.75, 3.05) is 13.1 Å². The highest BCUT2D eigenvalue weighted by Gasteiger charge is 2.19. The Balaban J connectivity index is 2.21. The number of aromatic nitrogens is 1. The van der Waals surface area contributed by atoms with Crippen molar-refractivity contribution in [2.45, 2.75) is 39.2 Å². The van der Waals surface area contributed by atoms with Crippen LogP contribution in [0.4, 0.5) is 0 Å². The molecule has 0 bridgehead atoms. The Hall–Kier alpha value is -1.09. The minimum absolute atomic E-state index is 0.00413. The lowest BCUT2D eigenvalue weighted by atomic mass is 10.0. The van der Waals surface area contributed by atoms with E-state index in [2.05, 4.69) is 23.7 Å². The third-order valence-corrected chi connectivity index (χ3v) is 3.52. The average molecular weight is 220 g/mol. The van der Waals surface area contributed by atoms with E-state index in [0.717, 1.165) is 18.8 Å².